The SMILES string of the molecule is C=C[Si](C)(C)OC(C)(C)C(C1CCCCC1)(C1CCCCC1)[Si](C)(C)C=C. The summed E-state index contributed by atoms with van der Waals surface area (Å²) in [5.41, 5.74) is 4.42. The Morgan fingerprint density at radius 2 is 1.15 bits per heavy atom. The molecule has 3 heteroatoms. The van der Waals surface area contributed by atoms with Crippen molar-refractivity contribution in [3.63, 3.8) is 0 Å². The molecule has 0 bridgehead atoms. The first-order valence-electron chi connectivity index (χ1n) is 11.5. The molecule has 0 saturated heterocycles. The van der Waals surface area contributed by atoms with Crippen LogP contribution in [0.15, 0.2) is 24.6 Å². The van der Waals surface area contributed by atoms with E-state index in [9.17, 15) is 0 Å². The molecule has 0 radical (unpaired) electrons. The van der Waals surface area contributed by atoms with Crippen molar-refractivity contribution in [3.8, 4) is 0 Å². The van der Waals surface area contributed by atoms with Crippen molar-refractivity contribution in [1.29, 1.82) is 0 Å². The average Bonchev–Trinajstić information content (AvgIpc) is 2.63. The number of hydrogen-bond acceptors (Lipinski definition) is 1. The van der Waals surface area contributed by atoms with Crippen LogP contribution in [0.5, 0.6) is 0 Å². The van der Waals surface area contributed by atoms with E-state index >= 15 is 0 Å². The van der Waals surface area contributed by atoms with Gasteiger partial charge < -0.3 is 4.43 Å². The van der Waals surface area contributed by atoms with E-state index in [1.54, 1.807) is 0 Å². The topological polar surface area (TPSA) is 9.23 Å². The van der Waals surface area contributed by atoms with Gasteiger partial charge in [-0.3, -0.25) is 0 Å². The van der Waals surface area contributed by atoms with Crippen molar-refractivity contribution < 1.29 is 4.43 Å². The Morgan fingerprint density at radius 3 is 1.48 bits per heavy atom. The highest BCUT2D eigenvalue weighted by molar-refractivity contribution is 6.85. The Morgan fingerprint density at radius 1 is 0.741 bits per heavy atom. The van der Waals surface area contributed by atoms with E-state index in [1.165, 1.54) is 64.2 Å². The van der Waals surface area contributed by atoms with E-state index in [0.29, 0.717) is 0 Å². The first-order chi connectivity index (χ1) is 12.5. The molecule has 0 spiro atoms. The molecule has 0 N–H and O–H groups in total. The second-order valence-corrected chi connectivity index (χ2v) is 19.4. The van der Waals surface area contributed by atoms with E-state index in [1.807, 2.05) is 0 Å². The van der Waals surface area contributed by atoms with Crippen LogP contribution < -0.4 is 0 Å². The van der Waals surface area contributed by atoms with Crippen LogP contribution in [0.2, 0.25) is 31.2 Å². The van der Waals surface area contributed by atoms with Crippen LogP contribution in [0, 0.1) is 11.8 Å². The summed E-state index contributed by atoms with van der Waals surface area (Å²) in [5, 5.41) is 0.274. The zero-order chi connectivity index (χ0) is 20.3. The van der Waals surface area contributed by atoms with Crippen LogP contribution >= 0.6 is 0 Å². The summed E-state index contributed by atoms with van der Waals surface area (Å²) in [7, 11) is -3.64. The lowest BCUT2D eigenvalue weighted by Crippen LogP contribution is -2.64. The molecule has 0 aromatic heterocycles. The van der Waals surface area contributed by atoms with Gasteiger partial charge in [-0.2, -0.15) is 0 Å². The van der Waals surface area contributed by atoms with Gasteiger partial charge in [0.15, 0.2) is 0 Å². The quantitative estimate of drug-likeness (QED) is 0.370. The molecule has 0 atom stereocenters. The molecule has 0 unspecified atom stereocenters. The van der Waals surface area contributed by atoms with Crippen molar-refractivity contribution in [1.82, 2.24) is 0 Å². The van der Waals surface area contributed by atoms with Gasteiger partial charge in [0.05, 0.1) is 13.7 Å². The van der Waals surface area contributed by atoms with Crippen LogP contribution in [0.1, 0.15) is 78.1 Å². The van der Waals surface area contributed by atoms with Crippen molar-refractivity contribution in [3.05, 3.63) is 24.6 Å². The van der Waals surface area contributed by atoms with Crippen LogP contribution in [0.25, 0.3) is 0 Å². The number of rotatable bonds is 8. The van der Waals surface area contributed by atoms with E-state index in [2.05, 4.69) is 64.6 Å². The van der Waals surface area contributed by atoms with Crippen LogP contribution in [0.3, 0.4) is 0 Å². The molecule has 0 amide bonds. The molecule has 2 aliphatic carbocycles. The van der Waals surface area contributed by atoms with Gasteiger partial charge in [0, 0.05) is 5.04 Å². The maximum absolute atomic E-state index is 7.14. The van der Waals surface area contributed by atoms with Crippen molar-refractivity contribution in [2.45, 2.75) is 115 Å². The third kappa shape index (κ3) is 4.40. The van der Waals surface area contributed by atoms with Crippen molar-refractivity contribution >= 4 is 16.4 Å². The minimum absolute atomic E-state index is 0.120. The molecular weight excluding hydrogens is 360 g/mol. The molecule has 0 aromatic carbocycles. The normalized spacial score (nSPS) is 21.9. The fourth-order valence-corrected chi connectivity index (χ4v) is 13.5. The highest BCUT2D eigenvalue weighted by Crippen LogP contribution is 2.66. The van der Waals surface area contributed by atoms with Gasteiger partial charge in [-0.1, -0.05) is 83.0 Å². The summed E-state index contributed by atoms with van der Waals surface area (Å²) in [6, 6.07) is 0. The summed E-state index contributed by atoms with van der Waals surface area (Å²) in [6.07, 6.45) is 14.0. The van der Waals surface area contributed by atoms with Gasteiger partial charge in [0.25, 0.3) is 0 Å². The molecular formula is C24H46OSi2. The maximum Gasteiger partial charge on any atom is 0.211 e. The zero-order valence-corrected chi connectivity index (χ0v) is 21.2. The van der Waals surface area contributed by atoms with Crippen LogP contribution in [-0.2, 0) is 4.43 Å². The van der Waals surface area contributed by atoms with Gasteiger partial charge in [-0.25, -0.2) is 0 Å². The van der Waals surface area contributed by atoms with Crippen molar-refractivity contribution in [2.75, 3.05) is 0 Å². The predicted molar refractivity (Wildman–Crippen MR) is 126 cm³/mol. The van der Waals surface area contributed by atoms with E-state index in [-0.39, 0.29) is 10.6 Å². The Bertz CT molecular complexity index is 490. The lowest BCUT2D eigenvalue weighted by molar-refractivity contribution is -0.0330. The average molecular weight is 407 g/mol. The predicted octanol–water partition coefficient (Wildman–Crippen LogP) is 8.05. The minimum Gasteiger partial charge on any atom is -0.408 e. The molecule has 156 valence electrons. The molecule has 0 aromatic rings. The summed E-state index contributed by atoms with van der Waals surface area (Å²) in [4.78, 5) is 0. The lowest BCUT2D eigenvalue weighted by atomic mass is 9.62. The summed E-state index contributed by atoms with van der Waals surface area (Å²) in [5.74, 6) is 1.58. The van der Waals surface area contributed by atoms with Crippen molar-refractivity contribution in [2.24, 2.45) is 11.8 Å². The number of hydrogen-bond donors (Lipinski definition) is 0. The van der Waals surface area contributed by atoms with Gasteiger partial charge in [-0.05, 0) is 38.8 Å². The Labute approximate surface area is 172 Å². The highest BCUT2D eigenvalue weighted by atomic mass is 28.4. The Kier molecular flexibility index (Phi) is 7.47. The highest BCUT2D eigenvalue weighted by Gasteiger charge is 2.63. The first kappa shape index (κ1) is 23.2. The smallest absolute Gasteiger partial charge is 0.211 e. The van der Waals surface area contributed by atoms with E-state index < -0.39 is 16.4 Å². The molecule has 0 heterocycles. The maximum atomic E-state index is 7.14. The third-order valence-corrected chi connectivity index (χ3v) is 14.7. The fraction of sp³-hybridized carbons (Fsp3) is 0.833. The van der Waals surface area contributed by atoms with Crippen LogP contribution in [0.4, 0.5) is 0 Å². The Balaban J connectivity index is 2.65. The monoisotopic (exact) mass is 406 g/mol. The lowest BCUT2D eigenvalue weighted by Gasteiger charge is -2.64. The fourth-order valence-electron chi connectivity index (χ4n) is 7.21. The first-order valence-corrected chi connectivity index (χ1v) is 17.6. The largest absolute Gasteiger partial charge is 0.408 e. The van der Waals surface area contributed by atoms with E-state index in [4.69, 9.17) is 4.43 Å². The van der Waals surface area contributed by atoms with Gasteiger partial charge in [0.2, 0.25) is 8.32 Å². The van der Waals surface area contributed by atoms with Gasteiger partial charge >= 0.3 is 0 Å². The Hall–Kier alpha value is -0.126. The summed E-state index contributed by atoms with van der Waals surface area (Å²) < 4.78 is 7.14. The second kappa shape index (κ2) is 8.71. The minimum atomic E-state index is -1.89. The standard InChI is InChI=1S/C24H46OSi2/c1-9-26(5,6)24(21-17-13-11-14-18-21,22-19-15-12-16-20-22)23(3,4)25-27(7,8)10-2/h9-10,21-22H,1-2,11-20H2,3-8H3. The van der Waals surface area contributed by atoms with Gasteiger partial charge in [-0.15, -0.1) is 18.9 Å². The van der Waals surface area contributed by atoms with Crippen LogP contribution in [-0.4, -0.2) is 22.0 Å². The zero-order valence-electron chi connectivity index (χ0n) is 19.2. The third-order valence-electron chi connectivity index (χ3n) is 8.08. The molecule has 1 nitrogen and oxygen atoms in total. The molecule has 2 rings (SSSR count). The summed E-state index contributed by atoms with van der Waals surface area (Å²) >= 11 is 0. The molecule has 27 heavy (non-hydrogen) atoms. The molecule has 2 fully saturated rings. The second-order valence-electron chi connectivity index (χ2n) is 10.9. The van der Waals surface area contributed by atoms with E-state index in [0.717, 1.165) is 11.8 Å². The van der Waals surface area contributed by atoms with Gasteiger partial charge in [0.1, 0.15) is 0 Å². The summed E-state index contributed by atoms with van der Waals surface area (Å²) in [6.45, 7) is 23.3. The molecule has 2 saturated carbocycles. The molecule has 0 aliphatic heterocycles. The molecule has 2 aliphatic rings.